The van der Waals surface area contributed by atoms with E-state index in [1.165, 1.54) is 13.3 Å². The van der Waals surface area contributed by atoms with Crippen molar-refractivity contribution in [2.24, 2.45) is 0 Å². The van der Waals surface area contributed by atoms with Crippen molar-refractivity contribution >= 4 is 17.8 Å². The fraction of sp³-hybridized carbons (Fsp3) is 0.357. The molecular weight excluding hydrogens is 571 g/mol. The molecule has 1 saturated heterocycles. The molecule has 43 heavy (non-hydrogen) atoms. The Balaban J connectivity index is 1.14. The maximum Gasteiger partial charge on any atom is 0.423 e. The number of rotatable bonds is 12. The van der Waals surface area contributed by atoms with Crippen LogP contribution in [0.3, 0.4) is 0 Å². The molecule has 1 aromatic carbocycles. The number of benzene rings is 1. The summed E-state index contributed by atoms with van der Waals surface area (Å²) in [7, 11) is 1.50. The number of ether oxygens (including phenoxy) is 2. The van der Waals surface area contributed by atoms with Crippen molar-refractivity contribution in [3.8, 4) is 5.75 Å². The zero-order valence-electron chi connectivity index (χ0n) is 23.2. The van der Waals surface area contributed by atoms with Crippen molar-refractivity contribution in [3.05, 3.63) is 87.6 Å². The fourth-order valence-corrected chi connectivity index (χ4v) is 4.48. The number of aromatic nitrogens is 5. The SMILES string of the molecule is COc1ccc(Cn2ncc(NC(C)COCc3nnc(C4CN(c5ccc(C=O)cn5)C4)o3)c(C(F)(F)F)c2=O)cc1. The van der Waals surface area contributed by atoms with Gasteiger partial charge in [0, 0.05) is 30.9 Å². The summed E-state index contributed by atoms with van der Waals surface area (Å²) in [5.74, 6) is 2.01. The van der Waals surface area contributed by atoms with E-state index in [-0.39, 0.29) is 31.6 Å². The number of pyridine rings is 1. The maximum atomic E-state index is 13.9. The van der Waals surface area contributed by atoms with Gasteiger partial charge in [-0.05, 0) is 36.8 Å². The largest absolute Gasteiger partial charge is 0.497 e. The fourth-order valence-electron chi connectivity index (χ4n) is 4.48. The Labute approximate surface area is 243 Å². The minimum absolute atomic E-state index is 0.00882. The molecule has 5 rings (SSSR count). The van der Waals surface area contributed by atoms with E-state index in [0.29, 0.717) is 35.9 Å². The van der Waals surface area contributed by atoms with Crippen LogP contribution in [0, 0.1) is 0 Å². The number of anilines is 2. The lowest BCUT2D eigenvalue weighted by atomic mass is 10.0. The first-order valence-electron chi connectivity index (χ1n) is 13.3. The van der Waals surface area contributed by atoms with Crippen LogP contribution in [-0.4, -0.2) is 64.1 Å². The van der Waals surface area contributed by atoms with Gasteiger partial charge in [-0.1, -0.05) is 12.1 Å². The molecule has 4 heterocycles. The van der Waals surface area contributed by atoms with Gasteiger partial charge in [0.05, 0.1) is 38.1 Å². The number of hydrogen-bond acceptors (Lipinski definition) is 11. The third kappa shape index (κ3) is 6.99. The van der Waals surface area contributed by atoms with Crippen LogP contribution in [0.2, 0.25) is 0 Å². The second-order valence-corrected chi connectivity index (χ2v) is 10.0. The van der Waals surface area contributed by atoms with Crippen molar-refractivity contribution in [2.75, 3.05) is 37.0 Å². The van der Waals surface area contributed by atoms with E-state index in [0.717, 1.165) is 23.0 Å². The Hall–Kier alpha value is -4.79. The number of aldehydes is 1. The van der Waals surface area contributed by atoms with E-state index in [9.17, 15) is 22.8 Å². The van der Waals surface area contributed by atoms with Crippen LogP contribution in [0.1, 0.15) is 46.1 Å². The summed E-state index contributed by atoms with van der Waals surface area (Å²) < 4.78 is 58.9. The second kappa shape index (κ2) is 12.6. The predicted octanol–water partition coefficient (Wildman–Crippen LogP) is 3.53. The Morgan fingerprint density at radius 3 is 2.56 bits per heavy atom. The molecular formula is C28H28F3N7O5. The van der Waals surface area contributed by atoms with Crippen LogP contribution < -0.4 is 20.5 Å². The number of carbonyl (C=O) groups is 1. The lowest BCUT2D eigenvalue weighted by Crippen LogP contribution is -2.45. The Morgan fingerprint density at radius 2 is 1.91 bits per heavy atom. The molecule has 1 aliphatic rings. The lowest BCUT2D eigenvalue weighted by Gasteiger charge is -2.38. The van der Waals surface area contributed by atoms with Crippen LogP contribution in [0.25, 0.3) is 0 Å². The van der Waals surface area contributed by atoms with Gasteiger partial charge in [-0.2, -0.15) is 18.3 Å². The van der Waals surface area contributed by atoms with E-state index in [2.05, 4.69) is 25.6 Å². The molecule has 3 aromatic heterocycles. The molecule has 1 unspecified atom stereocenters. The molecule has 0 bridgehead atoms. The highest BCUT2D eigenvalue weighted by Crippen LogP contribution is 2.32. The molecule has 15 heteroatoms. The molecule has 0 amide bonds. The van der Waals surface area contributed by atoms with Gasteiger partial charge in [0.1, 0.15) is 23.7 Å². The standard InChI is InChI=1S/C28H28F3N7O5/c1-17(15-42-16-24-35-36-26(43-24)20-12-37(13-20)23-8-5-19(14-39)9-32-23)34-22-10-33-38(27(40)25(22)28(29,30)31)11-18-3-6-21(41-2)7-4-18/h3-10,14,17,20,34H,11-13,15-16H2,1-2H3. The number of methoxy groups -OCH3 is 1. The second-order valence-electron chi connectivity index (χ2n) is 10.0. The average molecular weight is 600 g/mol. The molecule has 0 spiro atoms. The van der Waals surface area contributed by atoms with Crippen LogP contribution in [0.15, 0.2) is 58.0 Å². The van der Waals surface area contributed by atoms with E-state index in [1.54, 1.807) is 43.3 Å². The summed E-state index contributed by atoms with van der Waals surface area (Å²) in [4.78, 5) is 29.9. The summed E-state index contributed by atoms with van der Waals surface area (Å²) >= 11 is 0. The zero-order valence-corrected chi connectivity index (χ0v) is 23.2. The van der Waals surface area contributed by atoms with Crippen LogP contribution in [-0.2, 0) is 24.1 Å². The first-order chi connectivity index (χ1) is 20.6. The minimum atomic E-state index is -4.91. The van der Waals surface area contributed by atoms with Crippen molar-refractivity contribution in [1.82, 2.24) is 25.0 Å². The van der Waals surface area contributed by atoms with Gasteiger partial charge < -0.3 is 24.1 Å². The smallest absolute Gasteiger partial charge is 0.423 e. The third-order valence-electron chi connectivity index (χ3n) is 6.76. The molecule has 1 N–H and O–H groups in total. The topological polar surface area (TPSA) is 138 Å². The average Bonchev–Trinajstić information content (AvgIpc) is 3.42. The molecule has 0 saturated carbocycles. The highest BCUT2D eigenvalue weighted by Gasteiger charge is 2.38. The summed E-state index contributed by atoms with van der Waals surface area (Å²) in [5, 5.41) is 14.7. The minimum Gasteiger partial charge on any atom is -0.497 e. The number of nitrogens with zero attached hydrogens (tertiary/aromatic N) is 6. The van der Waals surface area contributed by atoms with Gasteiger partial charge in [0.15, 0.2) is 6.29 Å². The molecule has 1 atom stereocenters. The van der Waals surface area contributed by atoms with Crippen LogP contribution in [0.5, 0.6) is 5.75 Å². The number of alkyl halides is 3. The predicted molar refractivity (Wildman–Crippen MR) is 147 cm³/mol. The zero-order chi connectivity index (χ0) is 30.6. The molecule has 1 aliphatic heterocycles. The Kier molecular flexibility index (Phi) is 8.71. The highest BCUT2D eigenvalue weighted by atomic mass is 19.4. The monoisotopic (exact) mass is 599 g/mol. The van der Waals surface area contributed by atoms with Gasteiger partial charge in [-0.3, -0.25) is 9.59 Å². The first-order valence-corrected chi connectivity index (χ1v) is 13.3. The summed E-state index contributed by atoms with van der Waals surface area (Å²) in [6.07, 6.45) is -1.68. The van der Waals surface area contributed by atoms with Crippen molar-refractivity contribution in [3.63, 3.8) is 0 Å². The number of carbonyl (C=O) groups excluding carboxylic acids is 1. The van der Waals surface area contributed by atoms with Gasteiger partial charge in [0.25, 0.3) is 5.56 Å². The normalized spacial score (nSPS) is 14.3. The van der Waals surface area contributed by atoms with Gasteiger partial charge in [-0.15, -0.1) is 10.2 Å². The van der Waals surface area contributed by atoms with Crippen molar-refractivity contribution in [1.29, 1.82) is 0 Å². The lowest BCUT2D eigenvalue weighted by molar-refractivity contribution is -0.138. The highest BCUT2D eigenvalue weighted by molar-refractivity contribution is 5.74. The van der Waals surface area contributed by atoms with E-state index < -0.39 is 29.0 Å². The molecule has 4 aromatic rings. The molecule has 1 fully saturated rings. The molecule has 0 aliphatic carbocycles. The van der Waals surface area contributed by atoms with Gasteiger partial charge in [-0.25, -0.2) is 9.67 Å². The van der Waals surface area contributed by atoms with Crippen LogP contribution >= 0.6 is 0 Å². The summed E-state index contributed by atoms with van der Waals surface area (Å²) in [6.45, 7) is 2.65. The van der Waals surface area contributed by atoms with E-state index in [1.807, 2.05) is 4.90 Å². The van der Waals surface area contributed by atoms with E-state index in [4.69, 9.17) is 13.9 Å². The molecule has 12 nitrogen and oxygen atoms in total. The number of halogens is 3. The molecule has 226 valence electrons. The Morgan fingerprint density at radius 1 is 1.14 bits per heavy atom. The van der Waals surface area contributed by atoms with Crippen molar-refractivity contribution < 1.29 is 31.9 Å². The summed E-state index contributed by atoms with van der Waals surface area (Å²) in [6, 6.07) is 9.44. The van der Waals surface area contributed by atoms with E-state index >= 15 is 0 Å². The van der Waals surface area contributed by atoms with Crippen molar-refractivity contribution in [2.45, 2.75) is 38.2 Å². The Bertz CT molecular complexity index is 1600. The van der Waals surface area contributed by atoms with Gasteiger partial charge >= 0.3 is 6.18 Å². The van der Waals surface area contributed by atoms with Gasteiger partial charge in [0.2, 0.25) is 11.8 Å². The number of hydrogen-bond donors (Lipinski definition) is 1. The summed E-state index contributed by atoms with van der Waals surface area (Å²) in [5.41, 5.74) is -1.95. The molecule has 0 radical (unpaired) electrons. The first kappa shape index (κ1) is 29.7. The number of nitrogens with one attached hydrogen (secondary N) is 1. The third-order valence-corrected chi connectivity index (χ3v) is 6.76. The maximum absolute atomic E-state index is 13.9. The quantitative estimate of drug-likeness (QED) is 0.240. The van der Waals surface area contributed by atoms with Crippen LogP contribution in [0.4, 0.5) is 24.7 Å².